The Hall–Kier alpha value is -1.49. The van der Waals surface area contributed by atoms with Crippen LogP contribution < -0.4 is 5.32 Å². The minimum atomic E-state index is -3.55. The molecule has 0 aliphatic carbocycles. The number of aromatic nitrogens is 1. The van der Waals surface area contributed by atoms with E-state index in [-0.39, 0.29) is 31.4 Å². The minimum Gasteiger partial charge on any atom is -0.334 e. The maximum atomic E-state index is 12.8. The molecule has 1 aromatic heterocycles. The zero-order valence-corrected chi connectivity index (χ0v) is 19.3. The number of hydrogen-bond acceptors (Lipinski definition) is 6. The molecule has 0 spiro atoms. The number of halogens is 2. The Morgan fingerprint density at radius 1 is 1.17 bits per heavy atom. The van der Waals surface area contributed by atoms with Crippen molar-refractivity contribution in [2.45, 2.75) is 13.0 Å². The fraction of sp³-hybridized carbons (Fsp3) is 0.368. The Kier molecular flexibility index (Phi) is 7.54. The summed E-state index contributed by atoms with van der Waals surface area (Å²) in [4.78, 5) is 20.1. The largest absolute Gasteiger partial charge is 0.334 e. The van der Waals surface area contributed by atoms with Crippen molar-refractivity contribution in [3.05, 3.63) is 55.8 Å². The number of carbonyl (C=O) groups is 1. The summed E-state index contributed by atoms with van der Waals surface area (Å²) in [6, 6.07) is 6.94. The van der Waals surface area contributed by atoms with Crippen LogP contribution in [0.3, 0.4) is 0 Å². The molecule has 0 bridgehead atoms. The number of benzene rings is 1. The van der Waals surface area contributed by atoms with E-state index in [4.69, 9.17) is 11.6 Å². The molecule has 7 nitrogen and oxygen atoms in total. The van der Waals surface area contributed by atoms with Crippen LogP contribution in [0.2, 0.25) is 5.02 Å². The van der Waals surface area contributed by atoms with Gasteiger partial charge in [-0.05, 0) is 23.8 Å². The normalized spacial score (nSPS) is 17.6. The molecule has 0 saturated carbocycles. The van der Waals surface area contributed by atoms with Crippen LogP contribution in [0, 0.1) is 0 Å². The third-order valence-electron chi connectivity index (χ3n) is 4.97. The molecule has 2 aromatic rings. The summed E-state index contributed by atoms with van der Waals surface area (Å²) in [7, 11) is -3.55. The first-order valence-electron chi connectivity index (χ1n) is 9.35. The standard InChI is InChI=1S/C19H21ClN4O3S2.ClH/c20-15-3-1-14(2-4-15)6-12-29(26,27)24-10-8-23(9-11-24)19(25)18-22-16-5-7-21-13-17(16)28-18;/h1-4,6,12,21H,5,7-11,13H2;1H. The van der Waals surface area contributed by atoms with Crippen molar-refractivity contribution in [3.63, 3.8) is 0 Å². The van der Waals surface area contributed by atoms with Gasteiger partial charge in [-0.1, -0.05) is 23.7 Å². The van der Waals surface area contributed by atoms with Crippen LogP contribution in [0.5, 0.6) is 0 Å². The lowest BCUT2D eigenvalue weighted by Crippen LogP contribution is -2.50. The van der Waals surface area contributed by atoms with Gasteiger partial charge in [0.15, 0.2) is 5.01 Å². The smallest absolute Gasteiger partial charge is 0.282 e. The van der Waals surface area contributed by atoms with Gasteiger partial charge in [0.05, 0.1) is 5.69 Å². The van der Waals surface area contributed by atoms with Gasteiger partial charge in [-0.2, -0.15) is 4.31 Å². The number of fused-ring (bicyclic) bond motifs is 1. The summed E-state index contributed by atoms with van der Waals surface area (Å²) < 4.78 is 26.6. The highest BCUT2D eigenvalue weighted by Crippen LogP contribution is 2.23. The van der Waals surface area contributed by atoms with Crippen LogP contribution in [0.1, 0.15) is 25.9 Å². The van der Waals surface area contributed by atoms with Gasteiger partial charge in [0.25, 0.3) is 5.91 Å². The van der Waals surface area contributed by atoms with Crippen LogP contribution in [-0.2, 0) is 23.0 Å². The molecule has 1 saturated heterocycles. The van der Waals surface area contributed by atoms with Gasteiger partial charge in [0, 0.05) is 61.0 Å². The van der Waals surface area contributed by atoms with Crippen molar-refractivity contribution in [1.29, 1.82) is 0 Å². The van der Waals surface area contributed by atoms with Gasteiger partial charge in [-0.15, -0.1) is 23.7 Å². The predicted octanol–water partition coefficient (Wildman–Crippen LogP) is 2.62. The Morgan fingerprint density at radius 2 is 1.87 bits per heavy atom. The lowest BCUT2D eigenvalue weighted by molar-refractivity contribution is 0.0698. The van der Waals surface area contributed by atoms with E-state index >= 15 is 0 Å². The fourth-order valence-electron chi connectivity index (χ4n) is 3.32. The third-order valence-corrected chi connectivity index (χ3v) is 7.88. The van der Waals surface area contributed by atoms with E-state index in [1.54, 1.807) is 35.2 Å². The van der Waals surface area contributed by atoms with Crippen LogP contribution >= 0.6 is 35.3 Å². The number of piperazine rings is 1. The molecule has 0 atom stereocenters. The second kappa shape index (κ2) is 9.76. The Balaban J connectivity index is 0.00000256. The maximum Gasteiger partial charge on any atom is 0.282 e. The first-order valence-corrected chi connectivity index (χ1v) is 12.0. The summed E-state index contributed by atoms with van der Waals surface area (Å²) in [5.74, 6) is -0.113. The van der Waals surface area contributed by atoms with E-state index in [1.165, 1.54) is 21.1 Å². The van der Waals surface area contributed by atoms with E-state index in [2.05, 4.69) is 10.3 Å². The molecular weight excluding hydrogens is 467 g/mol. The molecule has 11 heteroatoms. The maximum absolute atomic E-state index is 12.8. The molecule has 1 N–H and O–H groups in total. The molecule has 1 amide bonds. The number of thiazole rings is 1. The number of nitrogens with one attached hydrogen (secondary N) is 1. The molecule has 3 heterocycles. The van der Waals surface area contributed by atoms with E-state index in [1.807, 2.05) is 0 Å². The van der Waals surface area contributed by atoms with Crippen molar-refractivity contribution in [1.82, 2.24) is 19.5 Å². The predicted molar refractivity (Wildman–Crippen MR) is 122 cm³/mol. The topological polar surface area (TPSA) is 82.6 Å². The SMILES string of the molecule is Cl.O=C(c1nc2c(s1)CNCC2)N1CCN(S(=O)(=O)C=Cc2ccc(Cl)cc2)CC1. The molecule has 1 aromatic carbocycles. The van der Waals surface area contributed by atoms with Crippen molar-refractivity contribution < 1.29 is 13.2 Å². The Labute approximate surface area is 191 Å². The number of amides is 1. The average Bonchev–Trinajstić information content (AvgIpc) is 3.17. The van der Waals surface area contributed by atoms with E-state index in [0.717, 1.165) is 35.6 Å². The lowest BCUT2D eigenvalue weighted by Gasteiger charge is -2.32. The number of carbonyl (C=O) groups excluding carboxylic acids is 1. The van der Waals surface area contributed by atoms with Gasteiger partial charge in [-0.25, -0.2) is 13.4 Å². The van der Waals surface area contributed by atoms with Gasteiger partial charge in [0.1, 0.15) is 0 Å². The first-order chi connectivity index (χ1) is 13.9. The molecule has 2 aliphatic heterocycles. The van der Waals surface area contributed by atoms with Crippen LogP contribution in [0.4, 0.5) is 0 Å². The molecule has 1 fully saturated rings. The third kappa shape index (κ3) is 5.22. The van der Waals surface area contributed by atoms with E-state index in [0.29, 0.717) is 23.1 Å². The van der Waals surface area contributed by atoms with E-state index in [9.17, 15) is 13.2 Å². The minimum absolute atomic E-state index is 0. The first kappa shape index (κ1) is 23.2. The highest BCUT2D eigenvalue weighted by atomic mass is 35.5. The number of hydrogen-bond donors (Lipinski definition) is 1. The molecule has 0 radical (unpaired) electrons. The van der Waals surface area contributed by atoms with Crippen LogP contribution in [-0.4, -0.2) is 61.2 Å². The number of nitrogens with zero attached hydrogens (tertiary/aromatic N) is 3. The monoisotopic (exact) mass is 488 g/mol. The Morgan fingerprint density at radius 3 is 2.53 bits per heavy atom. The zero-order valence-electron chi connectivity index (χ0n) is 16.1. The van der Waals surface area contributed by atoms with Crippen LogP contribution in [0.15, 0.2) is 29.7 Å². The second-order valence-corrected chi connectivity index (χ2v) is 10.2. The number of sulfonamides is 1. The second-order valence-electron chi connectivity index (χ2n) is 6.91. The van der Waals surface area contributed by atoms with Crippen molar-refractivity contribution in [3.8, 4) is 0 Å². The molecule has 30 heavy (non-hydrogen) atoms. The summed E-state index contributed by atoms with van der Waals surface area (Å²) in [6.45, 7) is 2.89. The van der Waals surface area contributed by atoms with Gasteiger partial charge < -0.3 is 10.2 Å². The number of rotatable bonds is 4. The molecule has 4 rings (SSSR count). The van der Waals surface area contributed by atoms with Gasteiger partial charge in [-0.3, -0.25) is 4.79 Å². The van der Waals surface area contributed by atoms with Crippen molar-refractivity contribution >= 4 is 57.4 Å². The Bertz CT molecular complexity index is 1010. The quantitative estimate of drug-likeness (QED) is 0.714. The molecule has 162 valence electrons. The highest BCUT2D eigenvalue weighted by Gasteiger charge is 2.29. The molecular formula is C19H22Cl2N4O3S2. The lowest BCUT2D eigenvalue weighted by atomic mass is 10.2. The summed E-state index contributed by atoms with van der Waals surface area (Å²) in [6.07, 6.45) is 2.39. The van der Waals surface area contributed by atoms with E-state index < -0.39 is 10.0 Å². The average molecular weight is 489 g/mol. The zero-order chi connectivity index (χ0) is 20.4. The van der Waals surface area contributed by atoms with Crippen molar-refractivity contribution in [2.75, 3.05) is 32.7 Å². The highest BCUT2D eigenvalue weighted by molar-refractivity contribution is 7.92. The van der Waals surface area contributed by atoms with Gasteiger partial charge in [0.2, 0.25) is 10.0 Å². The molecule has 0 unspecified atom stereocenters. The van der Waals surface area contributed by atoms with Crippen molar-refractivity contribution in [2.24, 2.45) is 0 Å². The van der Waals surface area contributed by atoms with Gasteiger partial charge >= 0.3 is 0 Å². The summed E-state index contributed by atoms with van der Waals surface area (Å²) in [5, 5.41) is 5.58. The fourth-order valence-corrected chi connectivity index (χ4v) is 5.67. The summed E-state index contributed by atoms with van der Waals surface area (Å²) in [5.41, 5.74) is 1.76. The summed E-state index contributed by atoms with van der Waals surface area (Å²) >= 11 is 7.28. The molecule has 2 aliphatic rings. The van der Waals surface area contributed by atoms with Crippen LogP contribution in [0.25, 0.3) is 6.08 Å².